The first kappa shape index (κ1) is 14.2. The second-order valence-electron chi connectivity index (χ2n) is 6.20. The molecule has 0 N–H and O–H groups in total. The maximum absolute atomic E-state index is 12.9. The topological polar surface area (TPSA) is 68.5 Å². The normalized spacial score (nSPS) is 23.4. The van der Waals surface area contributed by atoms with Crippen molar-refractivity contribution in [1.82, 2.24) is 15.0 Å². The van der Waals surface area contributed by atoms with E-state index in [4.69, 9.17) is 9.26 Å². The van der Waals surface area contributed by atoms with Crippen LogP contribution in [0.4, 0.5) is 0 Å². The molecular weight excluding hydrogens is 294 g/mol. The van der Waals surface area contributed by atoms with E-state index in [0.29, 0.717) is 24.9 Å². The molecule has 120 valence electrons. The molecule has 4 rings (SSSR count). The van der Waals surface area contributed by atoms with E-state index < -0.39 is 0 Å². The predicted molar refractivity (Wildman–Crippen MR) is 82.3 cm³/mol. The SMILES string of the molecule is Cc1nc([C@@H]2CCCN(C(=O)[C@@H]3COc4ccccc43)C2)no1. The minimum absolute atomic E-state index is 0.139. The Hall–Kier alpha value is -2.37. The minimum atomic E-state index is -0.197. The molecule has 1 aromatic heterocycles. The monoisotopic (exact) mass is 313 g/mol. The van der Waals surface area contributed by atoms with Crippen LogP contribution in [-0.4, -0.2) is 40.6 Å². The number of ether oxygens (including phenoxy) is 1. The fourth-order valence-electron chi connectivity index (χ4n) is 3.46. The Balaban J connectivity index is 1.51. The van der Waals surface area contributed by atoms with Crippen LogP contribution >= 0.6 is 0 Å². The molecule has 1 amide bonds. The molecule has 0 bridgehead atoms. The molecule has 2 atom stereocenters. The quantitative estimate of drug-likeness (QED) is 0.850. The van der Waals surface area contributed by atoms with E-state index in [-0.39, 0.29) is 17.7 Å². The first-order valence-electron chi connectivity index (χ1n) is 8.03. The zero-order valence-electron chi connectivity index (χ0n) is 13.1. The number of rotatable bonds is 2. The number of carbonyl (C=O) groups is 1. The smallest absolute Gasteiger partial charge is 0.233 e. The number of piperidine rings is 1. The van der Waals surface area contributed by atoms with Gasteiger partial charge in [0, 0.05) is 31.5 Å². The molecule has 6 nitrogen and oxygen atoms in total. The van der Waals surface area contributed by atoms with Gasteiger partial charge in [-0.15, -0.1) is 0 Å². The molecule has 6 heteroatoms. The number of nitrogens with zero attached hydrogens (tertiary/aromatic N) is 3. The van der Waals surface area contributed by atoms with Crippen molar-refractivity contribution in [1.29, 1.82) is 0 Å². The molecule has 1 saturated heterocycles. The highest BCUT2D eigenvalue weighted by molar-refractivity contribution is 5.85. The summed E-state index contributed by atoms with van der Waals surface area (Å²) in [5, 5.41) is 4.02. The molecule has 3 heterocycles. The lowest BCUT2D eigenvalue weighted by Gasteiger charge is -2.32. The molecule has 0 aliphatic carbocycles. The van der Waals surface area contributed by atoms with Crippen molar-refractivity contribution in [2.75, 3.05) is 19.7 Å². The number of amides is 1. The molecule has 1 aromatic carbocycles. The second kappa shape index (κ2) is 5.68. The van der Waals surface area contributed by atoms with Crippen LogP contribution in [-0.2, 0) is 4.79 Å². The average Bonchev–Trinajstić information content (AvgIpc) is 3.20. The van der Waals surface area contributed by atoms with E-state index in [1.807, 2.05) is 29.2 Å². The summed E-state index contributed by atoms with van der Waals surface area (Å²) >= 11 is 0. The lowest BCUT2D eigenvalue weighted by Crippen LogP contribution is -2.42. The van der Waals surface area contributed by atoms with Crippen LogP contribution in [0.2, 0.25) is 0 Å². The highest BCUT2D eigenvalue weighted by Crippen LogP contribution is 2.36. The zero-order chi connectivity index (χ0) is 15.8. The Bertz CT molecular complexity index is 727. The molecule has 2 aliphatic heterocycles. The molecule has 0 saturated carbocycles. The summed E-state index contributed by atoms with van der Waals surface area (Å²) < 4.78 is 10.7. The fourth-order valence-corrected chi connectivity index (χ4v) is 3.46. The molecular formula is C17H19N3O3. The second-order valence-corrected chi connectivity index (χ2v) is 6.20. The van der Waals surface area contributed by atoms with Gasteiger partial charge in [-0.2, -0.15) is 4.98 Å². The first-order valence-corrected chi connectivity index (χ1v) is 8.03. The van der Waals surface area contributed by atoms with Gasteiger partial charge < -0.3 is 14.2 Å². The van der Waals surface area contributed by atoms with E-state index in [1.165, 1.54) is 0 Å². The highest BCUT2D eigenvalue weighted by atomic mass is 16.5. The van der Waals surface area contributed by atoms with Crippen LogP contribution in [0.25, 0.3) is 0 Å². The third-order valence-electron chi connectivity index (χ3n) is 4.64. The molecule has 0 radical (unpaired) electrons. The number of fused-ring (bicyclic) bond motifs is 1. The van der Waals surface area contributed by atoms with E-state index in [9.17, 15) is 4.79 Å². The molecule has 0 unspecified atom stereocenters. The van der Waals surface area contributed by atoms with Gasteiger partial charge in [0.15, 0.2) is 5.82 Å². The Kier molecular flexibility index (Phi) is 3.52. The van der Waals surface area contributed by atoms with Gasteiger partial charge in [-0.3, -0.25) is 4.79 Å². The van der Waals surface area contributed by atoms with Crippen LogP contribution in [0.3, 0.4) is 0 Å². The first-order chi connectivity index (χ1) is 11.2. The summed E-state index contributed by atoms with van der Waals surface area (Å²) in [5.74, 6) is 2.21. The Morgan fingerprint density at radius 2 is 2.22 bits per heavy atom. The van der Waals surface area contributed by atoms with Gasteiger partial charge in [-0.25, -0.2) is 0 Å². The number of carbonyl (C=O) groups excluding carboxylic acids is 1. The van der Waals surface area contributed by atoms with E-state index in [0.717, 1.165) is 30.7 Å². The maximum atomic E-state index is 12.9. The summed E-state index contributed by atoms with van der Waals surface area (Å²) in [4.78, 5) is 19.2. The standard InChI is InChI=1S/C17H19N3O3/c1-11-18-16(19-23-11)12-5-4-8-20(9-12)17(21)14-10-22-15-7-3-2-6-13(14)15/h2-3,6-7,12,14H,4-5,8-10H2,1H3/t12-,14-/m1/s1. The lowest BCUT2D eigenvalue weighted by atomic mass is 9.94. The Morgan fingerprint density at radius 3 is 3.04 bits per heavy atom. The van der Waals surface area contributed by atoms with Gasteiger partial charge in [0.05, 0.1) is 0 Å². The number of benzene rings is 1. The van der Waals surface area contributed by atoms with Gasteiger partial charge in [-0.05, 0) is 18.9 Å². The van der Waals surface area contributed by atoms with Crippen LogP contribution in [0.15, 0.2) is 28.8 Å². The highest BCUT2D eigenvalue weighted by Gasteiger charge is 2.36. The molecule has 0 spiro atoms. The van der Waals surface area contributed by atoms with Gasteiger partial charge in [0.2, 0.25) is 11.8 Å². The summed E-state index contributed by atoms with van der Waals surface area (Å²) in [6.45, 7) is 3.65. The van der Waals surface area contributed by atoms with E-state index >= 15 is 0 Å². The number of aromatic nitrogens is 2. The van der Waals surface area contributed by atoms with Crippen LogP contribution in [0.5, 0.6) is 5.75 Å². The summed E-state index contributed by atoms with van der Waals surface area (Å²) in [6, 6.07) is 7.79. The van der Waals surface area contributed by atoms with Crippen molar-refractivity contribution in [3.05, 3.63) is 41.5 Å². The maximum Gasteiger partial charge on any atom is 0.233 e. The van der Waals surface area contributed by atoms with Crippen LogP contribution in [0.1, 0.15) is 42.0 Å². The van der Waals surface area contributed by atoms with E-state index in [2.05, 4.69) is 10.1 Å². The van der Waals surface area contributed by atoms with Crippen molar-refractivity contribution < 1.29 is 14.1 Å². The van der Waals surface area contributed by atoms with E-state index in [1.54, 1.807) is 6.92 Å². The molecule has 1 fully saturated rings. The molecule has 2 aliphatic rings. The summed E-state index contributed by atoms with van der Waals surface area (Å²) in [5.41, 5.74) is 0.995. The van der Waals surface area contributed by atoms with Crippen molar-refractivity contribution in [2.45, 2.75) is 31.6 Å². The number of hydrogen-bond acceptors (Lipinski definition) is 5. The van der Waals surface area contributed by atoms with Crippen molar-refractivity contribution in [3.8, 4) is 5.75 Å². The lowest BCUT2D eigenvalue weighted by molar-refractivity contribution is -0.134. The third kappa shape index (κ3) is 2.58. The molecule has 2 aromatic rings. The van der Waals surface area contributed by atoms with Crippen molar-refractivity contribution >= 4 is 5.91 Å². The summed E-state index contributed by atoms with van der Waals surface area (Å²) in [7, 11) is 0. The van der Waals surface area contributed by atoms with Gasteiger partial charge in [0.1, 0.15) is 18.3 Å². The predicted octanol–water partition coefficient (Wildman–Crippen LogP) is 2.26. The zero-order valence-corrected chi connectivity index (χ0v) is 13.1. The number of para-hydroxylation sites is 1. The largest absolute Gasteiger partial charge is 0.492 e. The van der Waals surface area contributed by atoms with Crippen LogP contribution in [0, 0.1) is 6.92 Å². The third-order valence-corrected chi connectivity index (χ3v) is 4.64. The Labute approximate surface area is 134 Å². The number of aryl methyl sites for hydroxylation is 1. The average molecular weight is 313 g/mol. The fraction of sp³-hybridized carbons (Fsp3) is 0.471. The van der Waals surface area contributed by atoms with Crippen molar-refractivity contribution in [3.63, 3.8) is 0 Å². The van der Waals surface area contributed by atoms with Gasteiger partial charge >= 0.3 is 0 Å². The van der Waals surface area contributed by atoms with Crippen molar-refractivity contribution in [2.24, 2.45) is 0 Å². The number of likely N-dealkylation sites (tertiary alicyclic amines) is 1. The van der Waals surface area contributed by atoms with Gasteiger partial charge in [-0.1, -0.05) is 23.4 Å². The summed E-state index contributed by atoms with van der Waals surface area (Å²) in [6.07, 6.45) is 1.94. The number of hydrogen-bond donors (Lipinski definition) is 0. The van der Waals surface area contributed by atoms with Gasteiger partial charge in [0.25, 0.3) is 0 Å². The van der Waals surface area contributed by atoms with Crippen LogP contribution < -0.4 is 4.74 Å². The Morgan fingerprint density at radius 1 is 1.35 bits per heavy atom. The minimum Gasteiger partial charge on any atom is -0.492 e. The molecule has 23 heavy (non-hydrogen) atoms.